The van der Waals surface area contributed by atoms with Crippen LogP contribution in [0.15, 0.2) is 53.6 Å². The first-order valence-corrected chi connectivity index (χ1v) is 8.13. The number of methoxy groups -OCH3 is 1. The van der Waals surface area contributed by atoms with Crippen LogP contribution in [0.5, 0.6) is 5.75 Å². The van der Waals surface area contributed by atoms with Gasteiger partial charge in [-0.15, -0.1) is 0 Å². The predicted molar refractivity (Wildman–Crippen MR) is 98.7 cm³/mol. The minimum atomic E-state index is -0.0695. The number of aromatic amines is 1. The van der Waals surface area contributed by atoms with Crippen molar-refractivity contribution in [1.29, 1.82) is 5.26 Å². The van der Waals surface area contributed by atoms with Crippen LogP contribution in [0.25, 0.3) is 22.0 Å². The van der Waals surface area contributed by atoms with Gasteiger partial charge in [0.1, 0.15) is 11.3 Å². The number of nitrogens with one attached hydrogen (secondary N) is 1. The Morgan fingerprint density at radius 1 is 1.28 bits per heavy atom. The molecule has 1 N–H and O–H groups in total. The van der Waals surface area contributed by atoms with Crippen molar-refractivity contribution in [2.24, 2.45) is 0 Å². The van der Waals surface area contributed by atoms with E-state index < -0.39 is 0 Å². The minimum Gasteiger partial charge on any atom is -0.496 e. The van der Waals surface area contributed by atoms with Crippen LogP contribution in [0.2, 0.25) is 0 Å². The zero-order chi connectivity index (χ0) is 17.8. The number of hydrogen-bond acceptors (Lipinski definition) is 3. The standard InChI is InChI=1S/C20H19N3O2/c1-3-4-5-10-23-13-17(15-8-9-22-19(15)20(23)24)16-11-14(12-21)6-7-18(16)25-2/h4-9,11,13,22H,3,10H2,1-2H3/b5-4+. The smallest absolute Gasteiger partial charge is 0.275 e. The van der Waals surface area contributed by atoms with Gasteiger partial charge in [0.15, 0.2) is 0 Å². The topological polar surface area (TPSA) is 70.8 Å². The maximum absolute atomic E-state index is 12.7. The Morgan fingerprint density at radius 3 is 2.84 bits per heavy atom. The number of aromatic nitrogens is 2. The molecule has 2 aromatic heterocycles. The van der Waals surface area contributed by atoms with Gasteiger partial charge in [-0.25, -0.2) is 0 Å². The Bertz CT molecular complexity index is 1040. The molecule has 0 aliphatic heterocycles. The maximum Gasteiger partial charge on any atom is 0.275 e. The van der Waals surface area contributed by atoms with E-state index in [2.05, 4.69) is 18.0 Å². The van der Waals surface area contributed by atoms with E-state index >= 15 is 0 Å². The first kappa shape index (κ1) is 16.6. The van der Waals surface area contributed by atoms with E-state index in [9.17, 15) is 10.1 Å². The molecule has 0 atom stereocenters. The molecule has 0 unspecified atom stereocenters. The first-order valence-electron chi connectivity index (χ1n) is 8.13. The molecule has 3 aromatic rings. The predicted octanol–water partition coefficient (Wildman–Crippen LogP) is 3.84. The lowest BCUT2D eigenvalue weighted by molar-refractivity contribution is 0.416. The quantitative estimate of drug-likeness (QED) is 0.721. The second-order valence-corrected chi connectivity index (χ2v) is 5.67. The lowest BCUT2D eigenvalue weighted by atomic mass is 10.0. The lowest BCUT2D eigenvalue weighted by Gasteiger charge is -2.13. The largest absolute Gasteiger partial charge is 0.496 e. The van der Waals surface area contributed by atoms with Crippen LogP contribution in [-0.4, -0.2) is 16.7 Å². The molecule has 0 saturated heterocycles. The SMILES string of the molecule is CC/C=C/Cn1cc(-c2cc(C#N)ccc2OC)c2cc[nH]c2c1=O. The fourth-order valence-electron chi connectivity index (χ4n) is 2.89. The van der Waals surface area contributed by atoms with Gasteiger partial charge in [0.2, 0.25) is 0 Å². The molecular formula is C20H19N3O2. The highest BCUT2D eigenvalue weighted by Gasteiger charge is 2.15. The zero-order valence-electron chi connectivity index (χ0n) is 14.2. The maximum atomic E-state index is 12.7. The summed E-state index contributed by atoms with van der Waals surface area (Å²) in [4.78, 5) is 15.7. The van der Waals surface area contributed by atoms with E-state index in [4.69, 9.17) is 4.74 Å². The number of H-pyrrole nitrogens is 1. The molecule has 126 valence electrons. The molecular weight excluding hydrogens is 314 g/mol. The molecule has 0 spiro atoms. The van der Waals surface area contributed by atoms with Gasteiger partial charge in [0.05, 0.1) is 18.7 Å². The molecule has 25 heavy (non-hydrogen) atoms. The van der Waals surface area contributed by atoms with Crippen molar-refractivity contribution in [3.05, 3.63) is 64.7 Å². The summed E-state index contributed by atoms with van der Waals surface area (Å²) in [6.07, 6.45) is 8.51. The molecule has 1 aromatic carbocycles. The number of allylic oxidation sites excluding steroid dienone is 2. The van der Waals surface area contributed by atoms with Crippen molar-refractivity contribution >= 4 is 10.9 Å². The van der Waals surface area contributed by atoms with Crippen LogP contribution in [0.1, 0.15) is 18.9 Å². The van der Waals surface area contributed by atoms with E-state index in [-0.39, 0.29) is 5.56 Å². The number of ether oxygens (including phenoxy) is 1. The van der Waals surface area contributed by atoms with E-state index in [1.54, 1.807) is 36.1 Å². The molecule has 0 saturated carbocycles. The summed E-state index contributed by atoms with van der Waals surface area (Å²) >= 11 is 0. The molecule has 0 radical (unpaired) electrons. The summed E-state index contributed by atoms with van der Waals surface area (Å²) in [5.41, 5.74) is 2.67. The number of benzene rings is 1. The number of pyridine rings is 1. The second-order valence-electron chi connectivity index (χ2n) is 5.67. The van der Waals surface area contributed by atoms with Crippen molar-refractivity contribution in [1.82, 2.24) is 9.55 Å². The third-order valence-electron chi connectivity index (χ3n) is 4.12. The van der Waals surface area contributed by atoms with Gasteiger partial charge in [-0.2, -0.15) is 5.26 Å². The third-order valence-corrected chi connectivity index (χ3v) is 4.12. The molecule has 0 amide bonds. The Labute approximate surface area is 145 Å². The van der Waals surface area contributed by atoms with Gasteiger partial charge in [-0.05, 0) is 30.7 Å². The Balaban J connectivity index is 2.28. The van der Waals surface area contributed by atoms with Crippen LogP contribution in [0.3, 0.4) is 0 Å². The Kier molecular flexibility index (Phi) is 4.71. The molecule has 0 bridgehead atoms. The zero-order valence-corrected chi connectivity index (χ0v) is 14.2. The average molecular weight is 333 g/mol. The Morgan fingerprint density at radius 2 is 2.12 bits per heavy atom. The van der Waals surface area contributed by atoms with Gasteiger partial charge < -0.3 is 14.3 Å². The number of nitrogens with zero attached hydrogens (tertiary/aromatic N) is 2. The summed E-state index contributed by atoms with van der Waals surface area (Å²) in [6, 6.07) is 9.31. The first-order chi connectivity index (χ1) is 12.2. The molecule has 5 nitrogen and oxygen atoms in total. The van der Waals surface area contributed by atoms with Gasteiger partial charge >= 0.3 is 0 Å². The van der Waals surface area contributed by atoms with E-state index in [1.165, 1.54) is 0 Å². The summed E-state index contributed by atoms with van der Waals surface area (Å²) in [5.74, 6) is 0.663. The van der Waals surface area contributed by atoms with Gasteiger partial charge in [-0.1, -0.05) is 19.1 Å². The number of hydrogen-bond donors (Lipinski definition) is 1. The molecule has 0 aliphatic rings. The van der Waals surface area contributed by atoms with Crippen molar-refractivity contribution in [2.75, 3.05) is 7.11 Å². The van der Waals surface area contributed by atoms with Crippen molar-refractivity contribution in [2.45, 2.75) is 19.9 Å². The van der Waals surface area contributed by atoms with E-state index in [0.29, 0.717) is 23.4 Å². The van der Waals surface area contributed by atoms with Crippen molar-refractivity contribution < 1.29 is 4.74 Å². The van der Waals surface area contributed by atoms with E-state index in [1.807, 2.05) is 24.4 Å². The van der Waals surface area contributed by atoms with Crippen molar-refractivity contribution in [3.63, 3.8) is 0 Å². The Hall–Kier alpha value is -3.26. The van der Waals surface area contributed by atoms with Crippen LogP contribution in [0, 0.1) is 11.3 Å². The fraction of sp³-hybridized carbons (Fsp3) is 0.200. The third kappa shape index (κ3) is 3.07. The number of nitriles is 1. The van der Waals surface area contributed by atoms with Crippen molar-refractivity contribution in [3.8, 4) is 22.9 Å². The normalized spacial score (nSPS) is 11.1. The summed E-state index contributed by atoms with van der Waals surface area (Å²) in [5, 5.41) is 10.0. The van der Waals surface area contributed by atoms with E-state index in [0.717, 1.165) is 22.9 Å². The number of fused-ring (bicyclic) bond motifs is 1. The van der Waals surface area contributed by atoms with Gasteiger partial charge in [0.25, 0.3) is 5.56 Å². The summed E-state index contributed by atoms with van der Waals surface area (Å²) < 4.78 is 7.14. The molecule has 0 aliphatic carbocycles. The monoisotopic (exact) mass is 333 g/mol. The summed E-state index contributed by atoms with van der Waals surface area (Å²) in [6.45, 7) is 2.55. The van der Waals surface area contributed by atoms with Gasteiger partial charge in [-0.3, -0.25) is 4.79 Å². The highest BCUT2D eigenvalue weighted by Crippen LogP contribution is 2.34. The van der Waals surface area contributed by atoms with Crippen LogP contribution >= 0.6 is 0 Å². The molecule has 5 heteroatoms. The molecule has 0 fully saturated rings. The molecule has 3 rings (SSSR count). The molecule has 2 heterocycles. The number of rotatable bonds is 5. The fourth-order valence-corrected chi connectivity index (χ4v) is 2.89. The highest BCUT2D eigenvalue weighted by molar-refractivity contribution is 5.96. The van der Waals surface area contributed by atoms with Crippen LogP contribution in [-0.2, 0) is 6.54 Å². The summed E-state index contributed by atoms with van der Waals surface area (Å²) in [7, 11) is 1.60. The van der Waals surface area contributed by atoms with Crippen LogP contribution < -0.4 is 10.3 Å². The average Bonchev–Trinajstić information content (AvgIpc) is 3.13. The highest BCUT2D eigenvalue weighted by atomic mass is 16.5. The minimum absolute atomic E-state index is 0.0695. The van der Waals surface area contributed by atoms with Crippen LogP contribution in [0.4, 0.5) is 0 Å². The lowest BCUT2D eigenvalue weighted by Crippen LogP contribution is -2.19. The second kappa shape index (κ2) is 7.10. The van der Waals surface area contributed by atoms with Gasteiger partial charge in [0, 0.05) is 35.5 Å².